The standard InChI is InChI=1S/C6H14Br2P/c1-3-9(8,4-2)6-5-7/h3-6H2,1-2H3/q+1. The first-order valence-corrected chi connectivity index (χ1v) is 8.78. The lowest BCUT2D eigenvalue weighted by atomic mass is 10.9. The van der Waals surface area contributed by atoms with E-state index in [1.54, 1.807) is 0 Å². The maximum absolute atomic E-state index is 3.82. The van der Waals surface area contributed by atoms with Crippen molar-refractivity contribution in [1.29, 1.82) is 0 Å². The predicted octanol–water partition coefficient (Wildman–Crippen LogP) is 3.75. The lowest BCUT2D eigenvalue weighted by Gasteiger charge is -2.13. The highest BCUT2D eigenvalue weighted by atomic mass is 79.9. The fourth-order valence-electron chi connectivity index (χ4n) is 0.691. The maximum atomic E-state index is 3.82. The van der Waals surface area contributed by atoms with Gasteiger partial charge in [0.1, 0.15) is 15.5 Å². The van der Waals surface area contributed by atoms with Crippen LogP contribution in [0.4, 0.5) is 0 Å². The highest BCUT2D eigenvalue weighted by Gasteiger charge is 2.28. The van der Waals surface area contributed by atoms with Gasteiger partial charge in [-0.05, 0) is 13.8 Å². The van der Waals surface area contributed by atoms with Gasteiger partial charge in [0.25, 0.3) is 0 Å². The molecule has 0 saturated heterocycles. The topological polar surface area (TPSA) is 0 Å². The summed E-state index contributed by atoms with van der Waals surface area (Å²) in [5, 5.41) is 1.15. The van der Waals surface area contributed by atoms with Crippen molar-refractivity contribution in [1.82, 2.24) is 0 Å². The Morgan fingerprint density at radius 3 is 1.78 bits per heavy atom. The van der Waals surface area contributed by atoms with Gasteiger partial charge in [-0.15, -0.1) is 0 Å². The van der Waals surface area contributed by atoms with Crippen molar-refractivity contribution in [3.8, 4) is 0 Å². The summed E-state index contributed by atoms with van der Waals surface area (Å²) in [5.41, 5.74) is 0. The van der Waals surface area contributed by atoms with Crippen LogP contribution in [0.15, 0.2) is 0 Å². The minimum absolute atomic E-state index is 0.666. The molecule has 0 aromatic carbocycles. The van der Waals surface area contributed by atoms with Crippen molar-refractivity contribution in [2.24, 2.45) is 0 Å². The van der Waals surface area contributed by atoms with E-state index in [1.807, 2.05) is 0 Å². The minimum atomic E-state index is -0.666. The van der Waals surface area contributed by atoms with Crippen molar-refractivity contribution in [3.05, 3.63) is 0 Å². The largest absolute Gasteiger partial charge is 0.138 e. The molecule has 0 fully saturated rings. The second-order valence-corrected chi connectivity index (χ2v) is 11.2. The van der Waals surface area contributed by atoms with Crippen LogP contribution in [0, 0.1) is 0 Å². The van der Waals surface area contributed by atoms with Crippen LogP contribution in [-0.4, -0.2) is 23.8 Å². The molecule has 0 heterocycles. The molecule has 56 valence electrons. The zero-order valence-corrected chi connectivity index (χ0v) is 10.1. The number of rotatable bonds is 4. The van der Waals surface area contributed by atoms with Crippen LogP contribution in [0.1, 0.15) is 13.8 Å². The van der Waals surface area contributed by atoms with Gasteiger partial charge < -0.3 is 0 Å². The van der Waals surface area contributed by atoms with Crippen molar-refractivity contribution >= 4 is 37.4 Å². The summed E-state index contributed by atoms with van der Waals surface area (Å²) in [6.45, 7) is 4.55. The average molecular weight is 277 g/mol. The first-order valence-electron chi connectivity index (χ1n) is 3.30. The first-order chi connectivity index (χ1) is 4.18. The Hall–Kier alpha value is 1.39. The van der Waals surface area contributed by atoms with Crippen LogP contribution < -0.4 is 0 Å². The van der Waals surface area contributed by atoms with Gasteiger partial charge in [0.05, 0.1) is 24.5 Å². The maximum Gasteiger partial charge on any atom is 0.138 e. The molecule has 0 spiro atoms. The fourth-order valence-corrected chi connectivity index (χ4v) is 6.07. The highest BCUT2D eigenvalue weighted by molar-refractivity contribution is 9.42. The van der Waals surface area contributed by atoms with E-state index in [1.165, 1.54) is 18.5 Å². The summed E-state index contributed by atoms with van der Waals surface area (Å²) in [6.07, 6.45) is 3.99. The van der Waals surface area contributed by atoms with E-state index in [9.17, 15) is 0 Å². The Morgan fingerprint density at radius 1 is 1.22 bits per heavy atom. The molecule has 0 radical (unpaired) electrons. The van der Waals surface area contributed by atoms with E-state index in [2.05, 4.69) is 45.3 Å². The summed E-state index contributed by atoms with van der Waals surface area (Å²) < 4.78 is 0. The summed E-state index contributed by atoms with van der Waals surface area (Å²) >= 11 is 7.29. The second-order valence-electron chi connectivity index (χ2n) is 2.07. The van der Waals surface area contributed by atoms with E-state index >= 15 is 0 Å². The third kappa shape index (κ3) is 3.95. The summed E-state index contributed by atoms with van der Waals surface area (Å²) in [4.78, 5) is 0. The molecule has 0 nitrogen and oxygen atoms in total. The van der Waals surface area contributed by atoms with E-state index < -0.39 is 5.96 Å². The van der Waals surface area contributed by atoms with Gasteiger partial charge >= 0.3 is 0 Å². The molecule has 0 aliphatic carbocycles. The van der Waals surface area contributed by atoms with E-state index in [-0.39, 0.29) is 0 Å². The molecule has 0 aromatic heterocycles. The number of hydrogen-bond acceptors (Lipinski definition) is 0. The molecule has 0 aliphatic heterocycles. The Balaban J connectivity index is 3.62. The zero-order chi connectivity index (χ0) is 7.33. The van der Waals surface area contributed by atoms with Crippen molar-refractivity contribution < 1.29 is 0 Å². The monoisotopic (exact) mass is 275 g/mol. The molecule has 0 N–H and O–H groups in total. The van der Waals surface area contributed by atoms with E-state index in [4.69, 9.17) is 0 Å². The molecule has 0 atom stereocenters. The molecule has 0 aliphatic rings. The summed E-state index contributed by atoms with van der Waals surface area (Å²) in [5.74, 6) is -0.666. The van der Waals surface area contributed by atoms with Gasteiger partial charge in [0, 0.05) is 5.33 Å². The molecule has 0 bridgehead atoms. The number of halogens is 2. The Kier molecular flexibility index (Phi) is 5.88. The van der Waals surface area contributed by atoms with Gasteiger partial charge in [-0.25, -0.2) is 0 Å². The predicted molar refractivity (Wildman–Crippen MR) is 55.6 cm³/mol. The van der Waals surface area contributed by atoms with Gasteiger partial charge in [0.15, 0.2) is 0 Å². The molecule has 0 amide bonds. The van der Waals surface area contributed by atoms with E-state index in [0.717, 1.165) is 5.33 Å². The Bertz CT molecular complexity index is 71.5. The first kappa shape index (κ1) is 10.4. The molecule has 0 rings (SSSR count). The van der Waals surface area contributed by atoms with Crippen LogP contribution in [0.3, 0.4) is 0 Å². The quantitative estimate of drug-likeness (QED) is 0.542. The van der Waals surface area contributed by atoms with E-state index in [0.29, 0.717) is 0 Å². The minimum Gasteiger partial charge on any atom is -0.0888 e. The van der Waals surface area contributed by atoms with Gasteiger partial charge in [0.2, 0.25) is 0 Å². The molecule has 0 unspecified atom stereocenters. The fraction of sp³-hybridized carbons (Fsp3) is 1.00. The third-order valence-corrected chi connectivity index (χ3v) is 9.99. The van der Waals surface area contributed by atoms with Crippen LogP contribution >= 0.6 is 37.4 Å². The third-order valence-electron chi connectivity index (χ3n) is 1.62. The Morgan fingerprint density at radius 2 is 1.67 bits per heavy atom. The number of alkyl halides is 1. The zero-order valence-electron chi connectivity index (χ0n) is 6.03. The molecular weight excluding hydrogens is 263 g/mol. The van der Waals surface area contributed by atoms with Gasteiger partial charge in [-0.1, -0.05) is 15.9 Å². The van der Waals surface area contributed by atoms with Gasteiger partial charge in [-0.2, -0.15) is 0 Å². The van der Waals surface area contributed by atoms with Crippen LogP contribution in [0.2, 0.25) is 0 Å². The van der Waals surface area contributed by atoms with Crippen molar-refractivity contribution in [2.45, 2.75) is 13.8 Å². The lowest BCUT2D eigenvalue weighted by Crippen LogP contribution is -1.97. The molecule has 0 aromatic rings. The molecule has 3 heteroatoms. The summed E-state index contributed by atoms with van der Waals surface area (Å²) in [7, 11) is 0. The smallest absolute Gasteiger partial charge is 0.0888 e. The molecule has 9 heavy (non-hydrogen) atoms. The number of hydrogen-bond donors (Lipinski definition) is 0. The average Bonchev–Trinajstić information content (AvgIpc) is 1.89. The second kappa shape index (κ2) is 5.09. The van der Waals surface area contributed by atoms with Crippen LogP contribution in [0.25, 0.3) is 0 Å². The highest BCUT2D eigenvalue weighted by Crippen LogP contribution is 2.65. The van der Waals surface area contributed by atoms with Gasteiger partial charge in [-0.3, -0.25) is 0 Å². The SMILES string of the molecule is CC[P+](Br)(CC)CCBr. The van der Waals surface area contributed by atoms with Crippen LogP contribution in [-0.2, 0) is 0 Å². The molecular formula is C6H14Br2P+. The van der Waals surface area contributed by atoms with Crippen LogP contribution in [0.5, 0.6) is 0 Å². The lowest BCUT2D eigenvalue weighted by molar-refractivity contribution is 1.36. The summed E-state index contributed by atoms with van der Waals surface area (Å²) in [6, 6.07) is 0. The normalized spacial score (nSPS) is 12.0. The Labute approximate surface area is 75.0 Å². The van der Waals surface area contributed by atoms with Crippen molar-refractivity contribution in [2.75, 3.05) is 23.8 Å². The molecule has 0 saturated carbocycles. The van der Waals surface area contributed by atoms with Crippen molar-refractivity contribution in [3.63, 3.8) is 0 Å².